The molecular formula is C19H15NO3. The van der Waals surface area contributed by atoms with Crippen molar-refractivity contribution in [2.24, 2.45) is 0 Å². The second-order valence-corrected chi connectivity index (χ2v) is 5.33. The molecule has 0 saturated carbocycles. The number of hydrogen-bond donors (Lipinski definition) is 0. The quantitative estimate of drug-likeness (QED) is 0.734. The van der Waals surface area contributed by atoms with Crippen LogP contribution in [0.4, 0.5) is 0 Å². The Labute approximate surface area is 133 Å². The summed E-state index contributed by atoms with van der Waals surface area (Å²) < 4.78 is 11.3. The molecule has 114 valence electrons. The fraction of sp³-hybridized carbons (Fsp3) is 0.158. The summed E-state index contributed by atoms with van der Waals surface area (Å²) in [6.07, 6.45) is 0. The Morgan fingerprint density at radius 2 is 1.83 bits per heavy atom. The van der Waals surface area contributed by atoms with Gasteiger partial charge in [-0.25, -0.2) is 0 Å². The van der Waals surface area contributed by atoms with E-state index in [9.17, 15) is 4.79 Å². The summed E-state index contributed by atoms with van der Waals surface area (Å²) in [5.74, 6) is 0.426. The third kappa shape index (κ3) is 2.69. The van der Waals surface area contributed by atoms with Gasteiger partial charge in [0.2, 0.25) is 11.2 Å². The number of nitrogens with zero attached hydrogens (tertiary/aromatic N) is 1. The van der Waals surface area contributed by atoms with Gasteiger partial charge in [-0.05, 0) is 37.1 Å². The second-order valence-electron chi connectivity index (χ2n) is 5.33. The number of fused-ring (bicyclic) bond motifs is 1. The van der Waals surface area contributed by atoms with E-state index < -0.39 is 0 Å². The van der Waals surface area contributed by atoms with Gasteiger partial charge >= 0.3 is 0 Å². The van der Waals surface area contributed by atoms with E-state index >= 15 is 0 Å². The Bertz CT molecular complexity index is 966. The van der Waals surface area contributed by atoms with Crippen LogP contribution >= 0.6 is 0 Å². The van der Waals surface area contributed by atoms with Crippen LogP contribution in [0.15, 0.2) is 51.7 Å². The minimum atomic E-state index is -0.261. The van der Waals surface area contributed by atoms with E-state index in [0.717, 1.165) is 16.7 Å². The van der Waals surface area contributed by atoms with Crippen LogP contribution in [0.2, 0.25) is 0 Å². The fourth-order valence-electron chi connectivity index (χ4n) is 2.45. The van der Waals surface area contributed by atoms with Crippen LogP contribution in [-0.4, -0.2) is 6.61 Å². The van der Waals surface area contributed by atoms with Crippen LogP contribution in [0.25, 0.3) is 22.3 Å². The van der Waals surface area contributed by atoms with Crippen LogP contribution in [0, 0.1) is 25.2 Å². The van der Waals surface area contributed by atoms with Gasteiger partial charge in [-0.2, -0.15) is 5.26 Å². The molecule has 0 saturated heterocycles. The standard InChI is InChI=1S/C19H15NO3/c1-12-10-15-16(11-13(12)2)23-18(14-6-4-3-5-7-14)19(17(15)21)22-9-8-20/h3-7,10-11H,9H2,1-2H3. The molecule has 1 heterocycles. The smallest absolute Gasteiger partial charge is 0.235 e. The zero-order valence-corrected chi connectivity index (χ0v) is 12.9. The predicted octanol–water partition coefficient (Wildman–Crippen LogP) is 3.98. The maximum atomic E-state index is 12.8. The van der Waals surface area contributed by atoms with Crippen LogP contribution in [0.5, 0.6) is 5.75 Å². The molecule has 4 heteroatoms. The number of rotatable bonds is 3. The topological polar surface area (TPSA) is 63.2 Å². The first kappa shape index (κ1) is 14.9. The summed E-state index contributed by atoms with van der Waals surface area (Å²) in [7, 11) is 0. The van der Waals surface area contributed by atoms with E-state index in [2.05, 4.69) is 0 Å². The fourth-order valence-corrected chi connectivity index (χ4v) is 2.45. The molecule has 0 atom stereocenters. The van der Waals surface area contributed by atoms with E-state index in [1.54, 1.807) is 6.07 Å². The number of nitriles is 1. The van der Waals surface area contributed by atoms with Gasteiger partial charge in [0.25, 0.3) is 0 Å². The lowest BCUT2D eigenvalue weighted by Crippen LogP contribution is -2.10. The molecule has 0 aliphatic carbocycles. The average molecular weight is 305 g/mol. The van der Waals surface area contributed by atoms with Crippen LogP contribution in [-0.2, 0) is 0 Å². The minimum Gasteiger partial charge on any atom is -0.471 e. The zero-order valence-electron chi connectivity index (χ0n) is 12.9. The Hall–Kier alpha value is -3.06. The molecule has 0 fully saturated rings. The van der Waals surface area contributed by atoms with E-state index in [1.807, 2.05) is 56.3 Å². The maximum Gasteiger partial charge on any atom is 0.235 e. The van der Waals surface area contributed by atoms with E-state index in [0.29, 0.717) is 16.7 Å². The molecule has 0 aliphatic rings. The first-order valence-corrected chi connectivity index (χ1v) is 7.25. The van der Waals surface area contributed by atoms with Crippen molar-refractivity contribution in [3.05, 3.63) is 63.8 Å². The van der Waals surface area contributed by atoms with Crippen molar-refractivity contribution in [2.75, 3.05) is 6.61 Å². The summed E-state index contributed by atoms with van der Waals surface area (Å²) in [6, 6.07) is 14.8. The largest absolute Gasteiger partial charge is 0.471 e. The van der Waals surface area contributed by atoms with Gasteiger partial charge in [0.15, 0.2) is 12.4 Å². The lowest BCUT2D eigenvalue weighted by molar-refractivity contribution is 0.356. The molecule has 0 spiro atoms. The highest BCUT2D eigenvalue weighted by atomic mass is 16.5. The molecule has 4 nitrogen and oxygen atoms in total. The van der Waals surface area contributed by atoms with Crippen LogP contribution in [0.3, 0.4) is 0 Å². The van der Waals surface area contributed by atoms with Gasteiger partial charge in [-0.3, -0.25) is 4.79 Å². The molecule has 0 aliphatic heterocycles. The van der Waals surface area contributed by atoms with Crippen molar-refractivity contribution in [1.29, 1.82) is 5.26 Å². The van der Waals surface area contributed by atoms with Crippen LogP contribution < -0.4 is 10.2 Å². The van der Waals surface area contributed by atoms with Crippen molar-refractivity contribution in [3.8, 4) is 23.1 Å². The maximum absolute atomic E-state index is 12.8. The Balaban J connectivity index is 2.35. The normalized spacial score (nSPS) is 10.5. The molecule has 0 amide bonds. The molecule has 2 aromatic carbocycles. The predicted molar refractivity (Wildman–Crippen MR) is 88.5 cm³/mol. The average Bonchev–Trinajstić information content (AvgIpc) is 2.56. The molecule has 23 heavy (non-hydrogen) atoms. The highest BCUT2D eigenvalue weighted by Crippen LogP contribution is 2.31. The first-order valence-electron chi connectivity index (χ1n) is 7.25. The number of ether oxygens (including phenoxy) is 1. The molecule has 1 aromatic heterocycles. The van der Waals surface area contributed by atoms with Gasteiger partial charge < -0.3 is 9.15 Å². The SMILES string of the molecule is Cc1cc2oc(-c3ccccc3)c(OCC#N)c(=O)c2cc1C. The molecule has 0 N–H and O–H groups in total. The first-order chi connectivity index (χ1) is 11.1. The molecular weight excluding hydrogens is 290 g/mol. The monoisotopic (exact) mass is 305 g/mol. The van der Waals surface area contributed by atoms with Gasteiger partial charge in [0, 0.05) is 5.56 Å². The van der Waals surface area contributed by atoms with Crippen molar-refractivity contribution >= 4 is 11.0 Å². The number of hydrogen-bond acceptors (Lipinski definition) is 4. The Kier molecular flexibility index (Phi) is 3.86. The van der Waals surface area contributed by atoms with E-state index in [-0.39, 0.29) is 17.8 Å². The number of benzene rings is 2. The summed E-state index contributed by atoms with van der Waals surface area (Å²) in [5.41, 5.74) is 3.04. The Morgan fingerprint density at radius 1 is 1.13 bits per heavy atom. The molecule has 0 bridgehead atoms. The summed E-state index contributed by atoms with van der Waals surface area (Å²) in [5, 5.41) is 9.23. The lowest BCUT2D eigenvalue weighted by Gasteiger charge is -2.11. The highest BCUT2D eigenvalue weighted by molar-refractivity contribution is 5.83. The van der Waals surface area contributed by atoms with E-state index in [4.69, 9.17) is 14.4 Å². The molecule has 3 rings (SSSR count). The van der Waals surface area contributed by atoms with E-state index in [1.165, 1.54) is 0 Å². The summed E-state index contributed by atoms with van der Waals surface area (Å²) in [6.45, 7) is 3.70. The summed E-state index contributed by atoms with van der Waals surface area (Å²) >= 11 is 0. The Morgan fingerprint density at radius 3 is 2.52 bits per heavy atom. The molecule has 3 aromatic rings. The lowest BCUT2D eigenvalue weighted by atomic mass is 10.0. The summed E-state index contributed by atoms with van der Waals surface area (Å²) in [4.78, 5) is 12.8. The van der Waals surface area contributed by atoms with Gasteiger partial charge in [0.1, 0.15) is 11.7 Å². The van der Waals surface area contributed by atoms with Crippen LogP contribution in [0.1, 0.15) is 11.1 Å². The second kappa shape index (κ2) is 5.98. The van der Waals surface area contributed by atoms with Crippen molar-refractivity contribution in [2.45, 2.75) is 13.8 Å². The third-order valence-corrected chi connectivity index (χ3v) is 3.78. The number of aryl methyl sites for hydroxylation is 2. The molecule has 0 radical (unpaired) electrons. The minimum absolute atomic E-state index is 0.0773. The third-order valence-electron chi connectivity index (χ3n) is 3.78. The van der Waals surface area contributed by atoms with Gasteiger partial charge in [0.05, 0.1) is 5.39 Å². The molecule has 0 unspecified atom stereocenters. The van der Waals surface area contributed by atoms with Gasteiger partial charge in [-0.15, -0.1) is 0 Å². The van der Waals surface area contributed by atoms with Gasteiger partial charge in [-0.1, -0.05) is 30.3 Å². The highest BCUT2D eigenvalue weighted by Gasteiger charge is 2.18. The zero-order chi connectivity index (χ0) is 16.4. The van der Waals surface area contributed by atoms with Crippen molar-refractivity contribution in [1.82, 2.24) is 0 Å². The van der Waals surface area contributed by atoms with Crippen molar-refractivity contribution < 1.29 is 9.15 Å². The van der Waals surface area contributed by atoms with Crippen molar-refractivity contribution in [3.63, 3.8) is 0 Å².